The molecule has 0 amide bonds. The zero-order valence-corrected chi connectivity index (χ0v) is 11.6. The molecule has 0 aliphatic heterocycles. The van der Waals surface area contributed by atoms with Crippen molar-refractivity contribution in [3.8, 4) is 16.9 Å². The minimum absolute atomic E-state index is 0.292. The molecule has 0 bridgehead atoms. The SMILES string of the molecule is O=Cc1cn(-c2cccc(Cl)c2)nc1-c1ccccc1F. The van der Waals surface area contributed by atoms with Crippen LogP contribution in [0.4, 0.5) is 4.39 Å². The monoisotopic (exact) mass is 300 g/mol. The Morgan fingerprint density at radius 2 is 1.95 bits per heavy atom. The smallest absolute Gasteiger partial charge is 0.153 e. The summed E-state index contributed by atoms with van der Waals surface area (Å²) in [5.74, 6) is -0.419. The van der Waals surface area contributed by atoms with Crippen molar-refractivity contribution in [2.45, 2.75) is 0 Å². The molecule has 0 fully saturated rings. The molecule has 1 heterocycles. The first kappa shape index (κ1) is 13.5. The molecule has 0 spiro atoms. The van der Waals surface area contributed by atoms with Gasteiger partial charge in [-0.3, -0.25) is 4.79 Å². The lowest BCUT2D eigenvalue weighted by Gasteiger charge is -2.02. The predicted octanol–water partition coefficient (Wildman–Crippen LogP) is 4.14. The summed E-state index contributed by atoms with van der Waals surface area (Å²) in [6, 6.07) is 13.3. The number of hydrogen-bond donors (Lipinski definition) is 0. The maximum atomic E-state index is 13.9. The van der Waals surface area contributed by atoms with E-state index in [2.05, 4.69) is 5.10 Å². The van der Waals surface area contributed by atoms with Gasteiger partial charge in [-0.2, -0.15) is 5.10 Å². The summed E-state index contributed by atoms with van der Waals surface area (Å²) < 4.78 is 15.4. The minimum atomic E-state index is -0.419. The van der Waals surface area contributed by atoms with Crippen LogP contribution in [0, 0.1) is 5.82 Å². The Morgan fingerprint density at radius 1 is 1.14 bits per heavy atom. The summed E-state index contributed by atoms with van der Waals surface area (Å²) in [5.41, 5.74) is 1.62. The standard InChI is InChI=1S/C16H10ClFN2O/c17-12-4-3-5-13(8-12)20-9-11(10-21)16(19-20)14-6-1-2-7-15(14)18/h1-10H. The molecule has 104 valence electrons. The molecule has 21 heavy (non-hydrogen) atoms. The molecule has 5 heteroatoms. The lowest BCUT2D eigenvalue weighted by atomic mass is 10.1. The number of nitrogens with zero attached hydrogens (tertiary/aromatic N) is 2. The van der Waals surface area contributed by atoms with Crippen molar-refractivity contribution >= 4 is 17.9 Å². The van der Waals surface area contributed by atoms with Crippen LogP contribution < -0.4 is 0 Å². The number of halogens is 2. The highest BCUT2D eigenvalue weighted by molar-refractivity contribution is 6.30. The minimum Gasteiger partial charge on any atom is -0.298 e. The lowest BCUT2D eigenvalue weighted by molar-refractivity contribution is 0.112. The lowest BCUT2D eigenvalue weighted by Crippen LogP contribution is -1.95. The van der Waals surface area contributed by atoms with E-state index in [0.29, 0.717) is 33.8 Å². The summed E-state index contributed by atoms with van der Waals surface area (Å²) in [6.07, 6.45) is 2.22. The van der Waals surface area contributed by atoms with Crippen molar-refractivity contribution in [1.82, 2.24) is 9.78 Å². The molecule has 3 nitrogen and oxygen atoms in total. The Morgan fingerprint density at radius 3 is 2.67 bits per heavy atom. The molecule has 0 saturated carbocycles. The van der Waals surface area contributed by atoms with E-state index in [9.17, 15) is 9.18 Å². The number of carbonyl (C=O) groups excluding carboxylic acids is 1. The number of aldehydes is 1. The van der Waals surface area contributed by atoms with Gasteiger partial charge < -0.3 is 0 Å². The second-order valence-electron chi connectivity index (χ2n) is 4.46. The molecule has 0 aliphatic carbocycles. The van der Waals surface area contributed by atoms with E-state index in [1.165, 1.54) is 10.7 Å². The summed E-state index contributed by atoms with van der Waals surface area (Å²) in [4.78, 5) is 11.2. The molecule has 0 unspecified atom stereocenters. The third-order valence-corrected chi connectivity index (χ3v) is 3.31. The molecule has 3 aromatic rings. The van der Waals surface area contributed by atoms with Gasteiger partial charge in [-0.15, -0.1) is 0 Å². The van der Waals surface area contributed by atoms with Crippen LogP contribution in [0.3, 0.4) is 0 Å². The van der Waals surface area contributed by atoms with Gasteiger partial charge in [-0.25, -0.2) is 9.07 Å². The highest BCUT2D eigenvalue weighted by Crippen LogP contribution is 2.25. The van der Waals surface area contributed by atoms with Gasteiger partial charge in [0.2, 0.25) is 0 Å². The third kappa shape index (κ3) is 2.58. The van der Waals surface area contributed by atoms with Crippen molar-refractivity contribution in [2.75, 3.05) is 0 Å². The van der Waals surface area contributed by atoms with Gasteiger partial charge in [0.15, 0.2) is 6.29 Å². The molecule has 3 rings (SSSR count). The summed E-state index contributed by atoms with van der Waals surface area (Å²) in [7, 11) is 0. The van der Waals surface area contributed by atoms with Crippen LogP contribution in [-0.2, 0) is 0 Å². The maximum absolute atomic E-state index is 13.9. The first-order valence-electron chi connectivity index (χ1n) is 6.25. The maximum Gasteiger partial charge on any atom is 0.153 e. The van der Waals surface area contributed by atoms with E-state index in [1.807, 2.05) is 0 Å². The van der Waals surface area contributed by atoms with Crippen LogP contribution in [0.1, 0.15) is 10.4 Å². The fourth-order valence-electron chi connectivity index (χ4n) is 2.09. The second-order valence-corrected chi connectivity index (χ2v) is 4.89. The van der Waals surface area contributed by atoms with Gasteiger partial charge >= 0.3 is 0 Å². The van der Waals surface area contributed by atoms with Gasteiger partial charge in [-0.1, -0.05) is 29.8 Å². The van der Waals surface area contributed by atoms with Crippen molar-refractivity contribution in [2.24, 2.45) is 0 Å². The zero-order valence-electron chi connectivity index (χ0n) is 10.8. The van der Waals surface area contributed by atoms with Gasteiger partial charge in [-0.05, 0) is 30.3 Å². The van der Waals surface area contributed by atoms with Gasteiger partial charge in [0.25, 0.3) is 0 Å². The molecular weight excluding hydrogens is 291 g/mol. The summed E-state index contributed by atoms with van der Waals surface area (Å²) in [6.45, 7) is 0. The molecular formula is C16H10ClFN2O. The molecule has 1 aromatic heterocycles. The van der Waals surface area contributed by atoms with Crippen molar-refractivity contribution < 1.29 is 9.18 Å². The fraction of sp³-hybridized carbons (Fsp3) is 0. The number of benzene rings is 2. The van der Waals surface area contributed by atoms with E-state index in [1.54, 1.807) is 48.7 Å². The average Bonchev–Trinajstić information content (AvgIpc) is 2.92. The van der Waals surface area contributed by atoms with E-state index >= 15 is 0 Å². The Kier molecular flexibility index (Phi) is 3.54. The van der Waals surface area contributed by atoms with Crippen LogP contribution in [-0.4, -0.2) is 16.1 Å². The number of rotatable bonds is 3. The van der Waals surface area contributed by atoms with Gasteiger partial charge in [0, 0.05) is 16.8 Å². The van der Waals surface area contributed by atoms with Gasteiger partial charge in [0.05, 0.1) is 11.3 Å². The first-order valence-corrected chi connectivity index (χ1v) is 6.62. The van der Waals surface area contributed by atoms with Crippen molar-refractivity contribution in [3.05, 3.63) is 71.1 Å². The highest BCUT2D eigenvalue weighted by atomic mass is 35.5. The van der Waals surface area contributed by atoms with Crippen molar-refractivity contribution in [3.63, 3.8) is 0 Å². The largest absolute Gasteiger partial charge is 0.298 e. The molecule has 0 radical (unpaired) electrons. The first-order chi connectivity index (χ1) is 10.2. The van der Waals surface area contributed by atoms with Crippen LogP contribution in [0.15, 0.2) is 54.7 Å². The van der Waals surface area contributed by atoms with Gasteiger partial charge in [0.1, 0.15) is 11.5 Å². The molecule has 0 atom stereocenters. The summed E-state index contributed by atoms with van der Waals surface area (Å²) >= 11 is 5.95. The topological polar surface area (TPSA) is 34.9 Å². The van der Waals surface area contributed by atoms with Crippen molar-refractivity contribution in [1.29, 1.82) is 0 Å². The predicted molar refractivity (Wildman–Crippen MR) is 79.4 cm³/mol. The molecule has 0 N–H and O–H groups in total. The van der Waals surface area contributed by atoms with Crippen LogP contribution in [0.5, 0.6) is 0 Å². The molecule has 0 aliphatic rings. The van der Waals surface area contributed by atoms with Crippen LogP contribution >= 0.6 is 11.6 Å². The second kappa shape index (κ2) is 5.50. The Balaban J connectivity index is 2.15. The number of carbonyl (C=O) groups is 1. The highest BCUT2D eigenvalue weighted by Gasteiger charge is 2.14. The Bertz CT molecular complexity index is 814. The average molecular weight is 301 g/mol. The molecule has 0 saturated heterocycles. The Hall–Kier alpha value is -2.46. The molecule has 2 aromatic carbocycles. The van der Waals surface area contributed by atoms with E-state index in [0.717, 1.165) is 0 Å². The summed E-state index contributed by atoms with van der Waals surface area (Å²) in [5, 5.41) is 4.87. The third-order valence-electron chi connectivity index (χ3n) is 3.07. The zero-order chi connectivity index (χ0) is 14.8. The Labute approximate surface area is 125 Å². The van der Waals surface area contributed by atoms with Crippen LogP contribution in [0.25, 0.3) is 16.9 Å². The normalized spacial score (nSPS) is 10.6. The van der Waals surface area contributed by atoms with E-state index in [4.69, 9.17) is 11.6 Å². The van der Waals surface area contributed by atoms with E-state index in [-0.39, 0.29) is 0 Å². The quantitative estimate of drug-likeness (QED) is 0.681. The fourth-order valence-corrected chi connectivity index (χ4v) is 2.27. The number of hydrogen-bond acceptors (Lipinski definition) is 2. The van der Waals surface area contributed by atoms with E-state index < -0.39 is 5.82 Å². The number of aromatic nitrogens is 2. The van der Waals surface area contributed by atoms with Crippen LogP contribution in [0.2, 0.25) is 5.02 Å².